The zero-order chi connectivity index (χ0) is 24.9. The van der Waals surface area contributed by atoms with E-state index in [9.17, 15) is 8.42 Å². The summed E-state index contributed by atoms with van der Waals surface area (Å²) in [7, 11) is -0.950. The van der Waals surface area contributed by atoms with Gasteiger partial charge in [-0.05, 0) is 43.7 Å². The summed E-state index contributed by atoms with van der Waals surface area (Å²) < 4.78 is 40.2. The second-order valence-electron chi connectivity index (χ2n) is 8.23. The third-order valence-corrected chi connectivity index (χ3v) is 7.90. The van der Waals surface area contributed by atoms with E-state index in [1.54, 1.807) is 55.9 Å². The molecule has 180 valence electrons. The molecule has 0 radical (unpaired) electrons. The minimum Gasteiger partial charge on any atom is -0.491 e. The first-order chi connectivity index (χ1) is 16.8. The topological polar surface area (TPSA) is 125 Å². The van der Waals surface area contributed by atoms with Crippen molar-refractivity contribution in [2.45, 2.75) is 25.3 Å². The molecule has 9 nitrogen and oxygen atoms in total. The zero-order valence-corrected chi connectivity index (χ0v) is 20.6. The van der Waals surface area contributed by atoms with Crippen LogP contribution in [0.2, 0.25) is 0 Å². The summed E-state index contributed by atoms with van der Waals surface area (Å²) in [6.07, 6.45) is 3.31. The Balaban J connectivity index is 1.88. The first kappa shape index (κ1) is 22.9. The fourth-order valence-corrected chi connectivity index (χ4v) is 5.85. The summed E-state index contributed by atoms with van der Waals surface area (Å²) in [6.45, 7) is 4.03. The number of pyridine rings is 2. The molecule has 5 aromatic rings. The molecule has 10 heteroatoms. The number of rotatable bonds is 6. The normalized spacial score (nSPS) is 11.9. The summed E-state index contributed by atoms with van der Waals surface area (Å²) in [5.74, 6) is 0.816. The molecule has 4 aromatic heterocycles. The van der Waals surface area contributed by atoms with Crippen molar-refractivity contribution < 1.29 is 17.9 Å². The minimum atomic E-state index is -4.01. The van der Waals surface area contributed by atoms with Gasteiger partial charge in [-0.2, -0.15) is 0 Å². The number of aryl methyl sites for hydroxylation is 2. The molecule has 3 N–H and O–H groups in total. The maximum absolute atomic E-state index is 14.0. The number of aromatic amines is 1. The van der Waals surface area contributed by atoms with Crippen molar-refractivity contribution in [3.63, 3.8) is 0 Å². The van der Waals surface area contributed by atoms with Crippen LogP contribution in [-0.2, 0) is 16.6 Å². The number of H-pyrrole nitrogens is 1. The van der Waals surface area contributed by atoms with Gasteiger partial charge in [0.05, 0.1) is 30.3 Å². The van der Waals surface area contributed by atoms with Crippen LogP contribution >= 0.6 is 0 Å². The van der Waals surface area contributed by atoms with E-state index in [1.165, 1.54) is 11.1 Å². The van der Waals surface area contributed by atoms with Crippen molar-refractivity contribution in [1.82, 2.24) is 18.9 Å². The molecule has 0 amide bonds. The quantitative estimate of drug-likeness (QED) is 0.369. The van der Waals surface area contributed by atoms with E-state index >= 15 is 0 Å². The van der Waals surface area contributed by atoms with Gasteiger partial charge in [-0.3, -0.25) is 0 Å². The van der Waals surface area contributed by atoms with Gasteiger partial charge in [-0.15, -0.1) is 0 Å². The number of benzene rings is 1. The molecule has 5 rings (SSSR count). The van der Waals surface area contributed by atoms with Crippen LogP contribution in [0.1, 0.15) is 16.7 Å². The van der Waals surface area contributed by atoms with Gasteiger partial charge in [0.2, 0.25) is 0 Å². The highest BCUT2D eigenvalue weighted by molar-refractivity contribution is 7.90. The second-order valence-corrected chi connectivity index (χ2v) is 10.0. The van der Waals surface area contributed by atoms with E-state index in [-0.39, 0.29) is 11.4 Å². The van der Waals surface area contributed by atoms with Gasteiger partial charge in [0.1, 0.15) is 5.52 Å². The highest BCUT2D eigenvalue weighted by atomic mass is 32.2. The van der Waals surface area contributed by atoms with Crippen LogP contribution in [-0.4, -0.2) is 41.6 Å². The Labute approximate surface area is 202 Å². The molecule has 1 aromatic carbocycles. The van der Waals surface area contributed by atoms with Gasteiger partial charge in [0, 0.05) is 35.5 Å². The molecule has 0 aliphatic heterocycles. The molecular weight excluding hydrogens is 466 g/mol. The third kappa shape index (κ3) is 3.44. The first-order valence-electron chi connectivity index (χ1n) is 10.9. The maximum Gasteiger partial charge on any atom is 0.269 e. The lowest BCUT2D eigenvalue weighted by molar-refractivity contribution is 0.343. The number of nitrogens with two attached hydrogens (primary N) is 1. The van der Waals surface area contributed by atoms with Crippen LogP contribution in [0.5, 0.6) is 11.6 Å². The molecule has 0 fully saturated rings. The lowest BCUT2D eigenvalue weighted by atomic mass is 10.1. The van der Waals surface area contributed by atoms with Crippen molar-refractivity contribution >= 4 is 32.1 Å². The summed E-state index contributed by atoms with van der Waals surface area (Å²) >= 11 is 0. The Kier molecular flexibility index (Phi) is 5.49. The molecule has 0 saturated heterocycles. The number of fused-ring (bicyclic) bond motifs is 2. The molecule has 0 atom stereocenters. The number of aromatic nitrogens is 4. The predicted octanol–water partition coefficient (Wildman–Crippen LogP) is 3.91. The van der Waals surface area contributed by atoms with E-state index < -0.39 is 10.0 Å². The van der Waals surface area contributed by atoms with E-state index in [0.717, 1.165) is 16.7 Å². The molecule has 0 aliphatic rings. The minimum absolute atomic E-state index is 0.157. The van der Waals surface area contributed by atoms with Crippen molar-refractivity contribution in [2.75, 3.05) is 14.2 Å². The van der Waals surface area contributed by atoms with Crippen LogP contribution < -0.4 is 15.2 Å². The van der Waals surface area contributed by atoms with Crippen molar-refractivity contribution in [2.24, 2.45) is 5.73 Å². The Morgan fingerprint density at radius 3 is 2.49 bits per heavy atom. The molecule has 0 unspecified atom stereocenters. The number of ether oxygens (including phenoxy) is 2. The van der Waals surface area contributed by atoms with E-state index in [1.807, 2.05) is 13.8 Å². The van der Waals surface area contributed by atoms with Crippen LogP contribution in [0.15, 0.2) is 53.7 Å². The molecule has 0 spiro atoms. The van der Waals surface area contributed by atoms with E-state index in [0.29, 0.717) is 45.0 Å². The lowest BCUT2D eigenvalue weighted by Crippen LogP contribution is -2.15. The van der Waals surface area contributed by atoms with Crippen LogP contribution in [0.4, 0.5) is 0 Å². The number of hydrogen-bond acceptors (Lipinski definition) is 7. The molecule has 0 aliphatic carbocycles. The van der Waals surface area contributed by atoms with Gasteiger partial charge < -0.3 is 20.2 Å². The Hall–Kier alpha value is -3.89. The fraction of sp³-hybridized carbons (Fsp3) is 0.200. The molecule has 4 heterocycles. The molecule has 0 bridgehead atoms. The number of methoxy groups -OCH3 is 2. The zero-order valence-electron chi connectivity index (χ0n) is 19.8. The monoisotopic (exact) mass is 491 g/mol. The lowest BCUT2D eigenvalue weighted by Gasteiger charge is -2.13. The highest BCUT2D eigenvalue weighted by Gasteiger charge is 2.28. The molecular formula is C25H25N5O4S. The van der Waals surface area contributed by atoms with Crippen molar-refractivity contribution in [3.8, 4) is 22.9 Å². The number of hydrogen-bond donors (Lipinski definition) is 2. The Morgan fingerprint density at radius 2 is 1.83 bits per heavy atom. The van der Waals surface area contributed by atoms with Crippen LogP contribution in [0.25, 0.3) is 33.3 Å². The molecule has 0 saturated carbocycles. The van der Waals surface area contributed by atoms with Crippen LogP contribution in [0.3, 0.4) is 0 Å². The summed E-state index contributed by atoms with van der Waals surface area (Å²) in [5, 5.41) is 0.659. The molecule has 35 heavy (non-hydrogen) atoms. The van der Waals surface area contributed by atoms with Gasteiger partial charge in [0.15, 0.2) is 11.4 Å². The van der Waals surface area contributed by atoms with Crippen molar-refractivity contribution in [1.29, 1.82) is 0 Å². The van der Waals surface area contributed by atoms with Crippen LogP contribution in [0, 0.1) is 13.8 Å². The second kappa shape index (κ2) is 8.40. The maximum atomic E-state index is 14.0. The Morgan fingerprint density at radius 1 is 1.09 bits per heavy atom. The smallest absolute Gasteiger partial charge is 0.269 e. The van der Waals surface area contributed by atoms with Gasteiger partial charge >= 0.3 is 0 Å². The van der Waals surface area contributed by atoms with Gasteiger partial charge in [0.25, 0.3) is 15.9 Å². The fourth-order valence-electron chi connectivity index (χ4n) is 4.37. The summed E-state index contributed by atoms with van der Waals surface area (Å²) in [4.78, 5) is 12.5. The first-order valence-corrected chi connectivity index (χ1v) is 12.4. The third-order valence-electron chi connectivity index (χ3n) is 6.18. The average Bonchev–Trinajstić information content (AvgIpc) is 3.45. The summed E-state index contributed by atoms with van der Waals surface area (Å²) in [5.41, 5.74) is 11.1. The van der Waals surface area contributed by atoms with Crippen molar-refractivity contribution in [3.05, 3.63) is 65.5 Å². The standard InChI is InChI=1S/C25H25N5O4S/c1-14-5-7-17(8-6-14)35(31,32)30-20(11-18-16(12-26)9-10-27-24(18)30)19-13-28-21-15(2)23(33-3)25(34-4)29-22(19)21/h5-11,13,28H,12,26H2,1-4H3. The average molecular weight is 492 g/mol. The van der Waals surface area contributed by atoms with E-state index in [4.69, 9.17) is 15.2 Å². The van der Waals surface area contributed by atoms with E-state index in [2.05, 4.69) is 15.0 Å². The predicted molar refractivity (Wildman–Crippen MR) is 134 cm³/mol. The number of nitrogens with zero attached hydrogens (tertiary/aromatic N) is 3. The largest absolute Gasteiger partial charge is 0.491 e. The highest BCUT2D eigenvalue weighted by Crippen LogP contribution is 2.40. The Bertz CT molecular complexity index is 1690. The van der Waals surface area contributed by atoms with Gasteiger partial charge in [-0.25, -0.2) is 22.4 Å². The SMILES string of the molecule is COc1nc2c(-c3cc4c(CN)ccnc4n3S(=O)(=O)c3ccc(C)cc3)c[nH]c2c(C)c1OC. The number of nitrogens with one attached hydrogen (secondary N) is 1. The van der Waals surface area contributed by atoms with Gasteiger partial charge in [-0.1, -0.05) is 17.7 Å². The summed E-state index contributed by atoms with van der Waals surface area (Å²) in [6, 6.07) is 10.3.